The molecular weight excluding hydrogens is 242 g/mol. The summed E-state index contributed by atoms with van der Waals surface area (Å²) in [7, 11) is 0. The first-order valence-corrected chi connectivity index (χ1v) is 6.94. The maximum atomic E-state index is 11.8. The zero-order chi connectivity index (χ0) is 14.1. The van der Waals surface area contributed by atoms with Crippen LogP contribution in [0.3, 0.4) is 0 Å². The predicted octanol–water partition coefficient (Wildman–Crippen LogP) is 1.17. The van der Waals surface area contributed by atoms with E-state index in [1.54, 1.807) is 24.3 Å². The number of ether oxygens (including phenoxy) is 2. The van der Waals surface area contributed by atoms with Crippen molar-refractivity contribution in [2.45, 2.75) is 20.8 Å². The largest absolute Gasteiger partial charge is 0.494 e. The van der Waals surface area contributed by atoms with Gasteiger partial charge in [0.05, 0.1) is 25.3 Å². The minimum absolute atomic E-state index is 0.269. The Bertz CT molecular complexity index is 371. The van der Waals surface area contributed by atoms with Gasteiger partial charge in [-0.2, -0.15) is 0 Å². The van der Waals surface area contributed by atoms with E-state index in [2.05, 4.69) is 13.8 Å². The van der Waals surface area contributed by atoms with Crippen LogP contribution in [0.5, 0.6) is 5.75 Å². The van der Waals surface area contributed by atoms with Crippen molar-refractivity contribution in [3.63, 3.8) is 0 Å². The van der Waals surface area contributed by atoms with Crippen LogP contribution in [-0.2, 0) is 4.74 Å². The lowest BCUT2D eigenvalue weighted by molar-refractivity contribution is -0.896. The number of hydrogen-bond donors (Lipinski definition) is 1. The first kappa shape index (κ1) is 15.5. The first-order chi connectivity index (χ1) is 9.21. The fraction of sp³-hybridized carbons (Fsp3) is 0.533. The van der Waals surface area contributed by atoms with Gasteiger partial charge in [0.25, 0.3) is 0 Å². The SMILES string of the molecule is CCOc1ccc(C(=O)OCC[NH+](CC)CC)cc1. The second-order valence-corrected chi connectivity index (χ2v) is 4.30. The molecule has 1 rings (SSSR count). The highest BCUT2D eigenvalue weighted by molar-refractivity contribution is 5.89. The van der Waals surface area contributed by atoms with Gasteiger partial charge >= 0.3 is 5.97 Å². The topological polar surface area (TPSA) is 40.0 Å². The van der Waals surface area contributed by atoms with E-state index in [4.69, 9.17) is 9.47 Å². The predicted molar refractivity (Wildman–Crippen MR) is 74.8 cm³/mol. The number of nitrogens with one attached hydrogen (secondary N) is 1. The number of likely N-dealkylation sites (N-methyl/N-ethyl adjacent to an activating group) is 1. The van der Waals surface area contributed by atoms with Gasteiger partial charge in [0.15, 0.2) is 0 Å². The fourth-order valence-electron chi connectivity index (χ4n) is 1.83. The molecule has 1 N–H and O–H groups in total. The molecular formula is C15H24NO3+. The number of rotatable bonds is 8. The van der Waals surface area contributed by atoms with Crippen molar-refractivity contribution in [3.8, 4) is 5.75 Å². The lowest BCUT2D eigenvalue weighted by Gasteiger charge is -2.15. The maximum absolute atomic E-state index is 11.8. The van der Waals surface area contributed by atoms with Crippen LogP contribution in [0.1, 0.15) is 31.1 Å². The lowest BCUT2D eigenvalue weighted by atomic mass is 10.2. The van der Waals surface area contributed by atoms with E-state index in [1.165, 1.54) is 4.90 Å². The van der Waals surface area contributed by atoms with Crippen molar-refractivity contribution in [2.75, 3.05) is 32.8 Å². The minimum atomic E-state index is -0.269. The Balaban J connectivity index is 2.40. The molecule has 0 aliphatic heterocycles. The Morgan fingerprint density at radius 2 is 1.74 bits per heavy atom. The summed E-state index contributed by atoms with van der Waals surface area (Å²) in [4.78, 5) is 13.2. The van der Waals surface area contributed by atoms with Gasteiger partial charge in [-0.05, 0) is 45.0 Å². The Kier molecular flexibility index (Phi) is 6.97. The smallest absolute Gasteiger partial charge is 0.338 e. The Morgan fingerprint density at radius 1 is 1.11 bits per heavy atom. The van der Waals surface area contributed by atoms with Crippen molar-refractivity contribution < 1.29 is 19.2 Å². The summed E-state index contributed by atoms with van der Waals surface area (Å²) in [6.07, 6.45) is 0. The van der Waals surface area contributed by atoms with E-state index in [0.717, 1.165) is 25.4 Å². The third kappa shape index (κ3) is 5.30. The van der Waals surface area contributed by atoms with E-state index in [1.807, 2.05) is 6.92 Å². The summed E-state index contributed by atoms with van der Waals surface area (Å²) in [6, 6.07) is 7.04. The van der Waals surface area contributed by atoms with E-state index < -0.39 is 0 Å². The van der Waals surface area contributed by atoms with Crippen molar-refractivity contribution in [2.24, 2.45) is 0 Å². The number of esters is 1. The molecule has 1 aromatic rings. The van der Waals surface area contributed by atoms with Crippen LogP contribution in [0.15, 0.2) is 24.3 Å². The van der Waals surface area contributed by atoms with Crippen LogP contribution < -0.4 is 9.64 Å². The highest BCUT2D eigenvalue weighted by Gasteiger charge is 2.09. The van der Waals surface area contributed by atoms with Crippen LogP contribution in [0.4, 0.5) is 0 Å². The van der Waals surface area contributed by atoms with Gasteiger partial charge < -0.3 is 14.4 Å². The molecule has 0 unspecified atom stereocenters. The van der Waals surface area contributed by atoms with Crippen LogP contribution in [0.2, 0.25) is 0 Å². The van der Waals surface area contributed by atoms with Gasteiger partial charge in [-0.3, -0.25) is 0 Å². The van der Waals surface area contributed by atoms with Gasteiger partial charge in [-0.15, -0.1) is 0 Å². The third-order valence-corrected chi connectivity index (χ3v) is 3.09. The summed E-state index contributed by atoms with van der Waals surface area (Å²) >= 11 is 0. The van der Waals surface area contributed by atoms with E-state index >= 15 is 0 Å². The van der Waals surface area contributed by atoms with Gasteiger partial charge in [-0.1, -0.05) is 0 Å². The van der Waals surface area contributed by atoms with Gasteiger partial charge in [0.1, 0.15) is 18.9 Å². The summed E-state index contributed by atoms with van der Waals surface area (Å²) < 4.78 is 10.6. The average molecular weight is 266 g/mol. The molecule has 19 heavy (non-hydrogen) atoms. The Hall–Kier alpha value is -1.55. The van der Waals surface area contributed by atoms with E-state index in [0.29, 0.717) is 18.8 Å². The monoisotopic (exact) mass is 266 g/mol. The fourth-order valence-corrected chi connectivity index (χ4v) is 1.83. The molecule has 0 radical (unpaired) electrons. The normalized spacial score (nSPS) is 10.5. The lowest BCUT2D eigenvalue weighted by Crippen LogP contribution is -3.11. The molecule has 0 aliphatic carbocycles. The van der Waals surface area contributed by atoms with Crippen molar-refractivity contribution in [1.82, 2.24) is 0 Å². The molecule has 0 saturated carbocycles. The third-order valence-electron chi connectivity index (χ3n) is 3.09. The van der Waals surface area contributed by atoms with Crippen LogP contribution >= 0.6 is 0 Å². The quantitative estimate of drug-likeness (QED) is 0.718. The highest BCUT2D eigenvalue weighted by Crippen LogP contribution is 2.12. The second kappa shape index (κ2) is 8.53. The zero-order valence-electron chi connectivity index (χ0n) is 12.1. The molecule has 0 aliphatic rings. The van der Waals surface area contributed by atoms with Gasteiger partial charge in [0, 0.05) is 0 Å². The molecule has 0 heterocycles. The summed E-state index contributed by atoms with van der Waals surface area (Å²) in [6.45, 7) is 10.2. The molecule has 0 spiro atoms. The number of benzene rings is 1. The second-order valence-electron chi connectivity index (χ2n) is 4.30. The molecule has 0 saturated heterocycles. The molecule has 4 heteroatoms. The standard InChI is InChI=1S/C15H23NO3/c1-4-16(5-2)11-12-19-15(17)13-7-9-14(10-8-13)18-6-3/h7-10H,4-6,11-12H2,1-3H3/p+1. The van der Waals surface area contributed by atoms with Gasteiger partial charge in [-0.25, -0.2) is 4.79 Å². The van der Waals surface area contributed by atoms with Crippen LogP contribution in [0, 0.1) is 0 Å². The number of carbonyl (C=O) groups excluding carboxylic acids is 1. The van der Waals surface area contributed by atoms with Crippen molar-refractivity contribution in [3.05, 3.63) is 29.8 Å². The maximum Gasteiger partial charge on any atom is 0.338 e. The van der Waals surface area contributed by atoms with Crippen molar-refractivity contribution >= 4 is 5.97 Å². The zero-order valence-corrected chi connectivity index (χ0v) is 12.1. The van der Waals surface area contributed by atoms with Gasteiger partial charge in [0.2, 0.25) is 0 Å². The van der Waals surface area contributed by atoms with E-state index in [-0.39, 0.29) is 5.97 Å². The molecule has 0 fully saturated rings. The Labute approximate surface area is 115 Å². The molecule has 0 amide bonds. The first-order valence-electron chi connectivity index (χ1n) is 6.94. The number of quaternary nitrogens is 1. The minimum Gasteiger partial charge on any atom is -0.494 e. The summed E-state index contributed by atoms with van der Waals surface area (Å²) in [5.74, 6) is 0.501. The number of hydrogen-bond acceptors (Lipinski definition) is 3. The molecule has 4 nitrogen and oxygen atoms in total. The molecule has 1 aromatic carbocycles. The van der Waals surface area contributed by atoms with E-state index in [9.17, 15) is 4.79 Å². The van der Waals surface area contributed by atoms with Crippen LogP contribution in [-0.4, -0.2) is 38.8 Å². The molecule has 0 bridgehead atoms. The number of carbonyl (C=O) groups is 1. The van der Waals surface area contributed by atoms with Crippen molar-refractivity contribution in [1.29, 1.82) is 0 Å². The highest BCUT2D eigenvalue weighted by atomic mass is 16.5. The average Bonchev–Trinajstić information content (AvgIpc) is 2.44. The molecule has 0 atom stereocenters. The summed E-state index contributed by atoms with van der Waals surface area (Å²) in [5, 5.41) is 0. The summed E-state index contributed by atoms with van der Waals surface area (Å²) in [5.41, 5.74) is 0.568. The molecule has 0 aromatic heterocycles. The Morgan fingerprint density at radius 3 is 2.26 bits per heavy atom. The van der Waals surface area contributed by atoms with Crippen LogP contribution in [0.25, 0.3) is 0 Å². The molecule has 106 valence electrons.